The van der Waals surface area contributed by atoms with Crippen molar-refractivity contribution in [1.29, 1.82) is 0 Å². The van der Waals surface area contributed by atoms with Crippen LogP contribution in [0.25, 0.3) is 0 Å². The molecule has 0 heterocycles. The van der Waals surface area contributed by atoms with Crippen molar-refractivity contribution in [3.8, 4) is 0 Å². The van der Waals surface area contributed by atoms with Crippen LogP contribution in [0.4, 0.5) is 14.5 Å². The van der Waals surface area contributed by atoms with Crippen LogP contribution in [0, 0.1) is 11.6 Å². The highest BCUT2D eigenvalue weighted by Gasteiger charge is 2.15. The fourth-order valence-electron chi connectivity index (χ4n) is 1.60. The molecular formula is C13H6BrClF2NO3S-. The van der Waals surface area contributed by atoms with Gasteiger partial charge >= 0.3 is 0 Å². The highest BCUT2D eigenvalue weighted by atomic mass is 79.9. The van der Waals surface area contributed by atoms with Crippen molar-refractivity contribution in [3.05, 3.63) is 57.0 Å². The summed E-state index contributed by atoms with van der Waals surface area (Å²) in [5.41, 5.74) is 0.00359. The number of carbonyl (C=O) groups is 1. The number of carbonyl (C=O) groups excluding carboxylic acids is 1. The van der Waals surface area contributed by atoms with Crippen LogP contribution in [0.5, 0.6) is 0 Å². The second-order valence-corrected chi connectivity index (χ2v) is 6.25. The van der Waals surface area contributed by atoms with Crippen molar-refractivity contribution >= 4 is 50.2 Å². The Morgan fingerprint density at radius 2 is 1.91 bits per heavy atom. The van der Waals surface area contributed by atoms with Gasteiger partial charge in [-0.3, -0.25) is 9.00 Å². The normalized spacial score (nSPS) is 12.0. The van der Waals surface area contributed by atoms with E-state index >= 15 is 0 Å². The number of halogens is 4. The minimum Gasteiger partial charge on any atom is -0.768 e. The van der Waals surface area contributed by atoms with E-state index in [9.17, 15) is 22.3 Å². The quantitative estimate of drug-likeness (QED) is 0.783. The van der Waals surface area contributed by atoms with Crippen LogP contribution in [-0.4, -0.2) is 14.7 Å². The lowest BCUT2D eigenvalue weighted by Gasteiger charge is -2.12. The second kappa shape index (κ2) is 6.82. The topological polar surface area (TPSA) is 69.2 Å². The van der Waals surface area contributed by atoms with Gasteiger partial charge in [0.25, 0.3) is 5.91 Å². The van der Waals surface area contributed by atoms with Gasteiger partial charge in [-0.25, -0.2) is 8.78 Å². The SMILES string of the molecule is O=C(Nc1ccc(F)c(F)c1)c1cc(S(=O)[O-])c(Cl)cc1Br. The first-order valence-electron chi connectivity index (χ1n) is 5.64. The maximum absolute atomic E-state index is 13.1. The number of rotatable bonds is 3. The summed E-state index contributed by atoms with van der Waals surface area (Å²) in [6, 6.07) is 5.17. The smallest absolute Gasteiger partial charge is 0.256 e. The standard InChI is InChI=1S/C13H7BrClF2NO3S/c14-8-5-9(15)12(22(20)21)4-7(8)13(19)18-6-1-2-10(16)11(17)3-6/h1-5H,(H,18,19)(H,20,21)/p-1. The first-order chi connectivity index (χ1) is 10.3. The monoisotopic (exact) mass is 408 g/mol. The van der Waals surface area contributed by atoms with Crippen LogP contribution < -0.4 is 5.32 Å². The van der Waals surface area contributed by atoms with Crippen molar-refractivity contribution in [3.63, 3.8) is 0 Å². The Labute approximate surface area is 139 Å². The summed E-state index contributed by atoms with van der Waals surface area (Å²) in [7, 11) is 0. The molecule has 2 aromatic rings. The Morgan fingerprint density at radius 3 is 2.50 bits per heavy atom. The Kier molecular flexibility index (Phi) is 5.28. The minimum absolute atomic E-state index is 0.0201. The fraction of sp³-hybridized carbons (Fsp3) is 0. The highest BCUT2D eigenvalue weighted by Crippen LogP contribution is 2.28. The largest absolute Gasteiger partial charge is 0.768 e. The average Bonchev–Trinajstić information content (AvgIpc) is 2.42. The molecule has 0 saturated heterocycles. The van der Waals surface area contributed by atoms with Crippen LogP contribution in [0.2, 0.25) is 5.02 Å². The molecule has 0 radical (unpaired) electrons. The van der Waals surface area contributed by atoms with Crippen LogP contribution in [0.15, 0.2) is 39.7 Å². The van der Waals surface area contributed by atoms with Crippen LogP contribution >= 0.6 is 27.5 Å². The summed E-state index contributed by atoms with van der Waals surface area (Å²) in [5, 5.41) is 2.28. The van der Waals surface area contributed by atoms with Gasteiger partial charge in [0.2, 0.25) is 0 Å². The molecular weight excluding hydrogens is 404 g/mol. The van der Waals surface area contributed by atoms with Gasteiger partial charge in [0.05, 0.1) is 10.6 Å². The van der Waals surface area contributed by atoms with Crippen molar-refractivity contribution in [2.75, 3.05) is 5.32 Å². The van der Waals surface area contributed by atoms with Crippen molar-refractivity contribution < 1.29 is 22.3 Å². The van der Waals surface area contributed by atoms with Gasteiger partial charge in [-0.05, 0) is 51.3 Å². The van der Waals surface area contributed by atoms with Crippen LogP contribution in [0.1, 0.15) is 10.4 Å². The number of hydrogen-bond donors (Lipinski definition) is 1. The van der Waals surface area contributed by atoms with E-state index in [1.165, 1.54) is 12.1 Å². The van der Waals surface area contributed by atoms with Crippen molar-refractivity contribution in [2.24, 2.45) is 0 Å². The molecule has 1 atom stereocenters. The predicted octanol–water partition coefficient (Wildman–Crippen LogP) is 3.87. The average molecular weight is 410 g/mol. The molecule has 0 aliphatic carbocycles. The fourth-order valence-corrected chi connectivity index (χ4v) is 3.04. The molecule has 0 bridgehead atoms. The third-order valence-corrected chi connectivity index (χ3v) is 4.40. The number of benzene rings is 2. The van der Waals surface area contributed by atoms with Crippen LogP contribution in [0.3, 0.4) is 0 Å². The maximum Gasteiger partial charge on any atom is 0.256 e. The minimum atomic E-state index is -2.62. The lowest BCUT2D eigenvalue weighted by Crippen LogP contribution is -2.13. The first kappa shape index (κ1) is 17.0. The van der Waals surface area contributed by atoms with Gasteiger partial charge in [0, 0.05) is 21.1 Å². The van der Waals surface area contributed by atoms with Gasteiger partial charge in [-0.2, -0.15) is 0 Å². The zero-order chi connectivity index (χ0) is 16.4. The summed E-state index contributed by atoms with van der Waals surface area (Å²) < 4.78 is 48.2. The van der Waals surface area contributed by atoms with Gasteiger partial charge in [-0.15, -0.1) is 0 Å². The Bertz CT molecular complexity index is 788. The molecule has 1 amide bonds. The lowest BCUT2D eigenvalue weighted by molar-refractivity contribution is 0.102. The summed E-state index contributed by atoms with van der Waals surface area (Å²) in [5.74, 6) is -2.87. The zero-order valence-corrected chi connectivity index (χ0v) is 13.7. The molecule has 2 rings (SSSR count). The molecule has 0 aromatic heterocycles. The van der Waals surface area contributed by atoms with Gasteiger partial charge < -0.3 is 9.87 Å². The summed E-state index contributed by atoms with van der Waals surface area (Å²) in [4.78, 5) is 11.9. The first-order valence-corrected chi connectivity index (χ1v) is 7.89. The van der Waals surface area contributed by atoms with E-state index in [2.05, 4.69) is 21.2 Å². The third kappa shape index (κ3) is 3.70. The van der Waals surface area contributed by atoms with Crippen molar-refractivity contribution in [2.45, 2.75) is 4.90 Å². The molecule has 22 heavy (non-hydrogen) atoms. The molecule has 116 valence electrons. The van der Waals surface area contributed by atoms with Gasteiger partial charge in [0.15, 0.2) is 11.6 Å². The molecule has 1 N–H and O–H groups in total. The molecule has 9 heteroatoms. The van der Waals surface area contributed by atoms with E-state index in [4.69, 9.17) is 11.6 Å². The molecule has 0 aliphatic rings. The molecule has 4 nitrogen and oxygen atoms in total. The maximum atomic E-state index is 13.1. The highest BCUT2D eigenvalue weighted by molar-refractivity contribution is 9.10. The van der Waals surface area contributed by atoms with E-state index in [0.717, 1.165) is 18.2 Å². The summed E-state index contributed by atoms with van der Waals surface area (Å²) in [6.07, 6.45) is 0. The lowest BCUT2D eigenvalue weighted by atomic mass is 10.2. The number of nitrogens with one attached hydrogen (secondary N) is 1. The predicted molar refractivity (Wildman–Crippen MR) is 80.6 cm³/mol. The molecule has 0 fully saturated rings. The Hall–Kier alpha value is -1.35. The molecule has 0 saturated carbocycles. The third-order valence-electron chi connectivity index (χ3n) is 2.62. The van der Waals surface area contributed by atoms with Crippen molar-refractivity contribution in [1.82, 2.24) is 0 Å². The van der Waals surface area contributed by atoms with Crippen LogP contribution in [-0.2, 0) is 11.1 Å². The second-order valence-electron chi connectivity index (χ2n) is 4.08. The van der Waals surface area contributed by atoms with E-state index < -0.39 is 28.6 Å². The van der Waals surface area contributed by atoms with E-state index in [1.54, 1.807) is 0 Å². The molecule has 0 spiro atoms. The number of anilines is 1. The Morgan fingerprint density at radius 1 is 1.23 bits per heavy atom. The van der Waals surface area contributed by atoms with E-state index in [1.807, 2.05) is 0 Å². The summed E-state index contributed by atoms with van der Waals surface area (Å²) >= 11 is 6.22. The van der Waals surface area contributed by atoms with Gasteiger partial charge in [0.1, 0.15) is 0 Å². The molecule has 1 unspecified atom stereocenters. The van der Waals surface area contributed by atoms with E-state index in [-0.39, 0.29) is 25.6 Å². The number of hydrogen-bond acceptors (Lipinski definition) is 3. The molecule has 2 aromatic carbocycles. The Balaban J connectivity index is 2.35. The number of amides is 1. The zero-order valence-electron chi connectivity index (χ0n) is 10.5. The molecule has 0 aliphatic heterocycles. The van der Waals surface area contributed by atoms with E-state index in [0.29, 0.717) is 0 Å². The van der Waals surface area contributed by atoms with Gasteiger partial charge in [-0.1, -0.05) is 11.6 Å². The summed E-state index contributed by atoms with van der Waals surface area (Å²) in [6.45, 7) is 0.